The Bertz CT molecular complexity index is 127. The maximum Gasteiger partial charge on any atom is 2.00 e. The average Bonchev–Trinajstić information content (AvgIpc) is 1.76. The van der Waals surface area contributed by atoms with Crippen molar-refractivity contribution in [3.63, 3.8) is 0 Å². The summed E-state index contributed by atoms with van der Waals surface area (Å²) in [5.41, 5.74) is 0. The number of aliphatic carboxylic acids is 2. The molecule has 0 aromatic heterocycles. The maximum atomic E-state index is 8.89. The molecule has 0 aromatic rings. The normalized spacial score (nSPS) is 7.18. The summed E-state index contributed by atoms with van der Waals surface area (Å²) >= 11 is 0. The smallest absolute Gasteiger partial charge is 0.550 e. The molecule has 0 amide bonds. The molecule has 0 bridgehead atoms. The SMILES string of the molecule is CC(=O)[O-].CC(=O)[O-].CC(C)O.CC(C)O.[Zr+2]. The molecule has 0 aliphatic rings. The molecule has 0 spiro atoms. The maximum absolute atomic E-state index is 8.89. The molecule has 0 radical (unpaired) electrons. The van der Waals surface area contributed by atoms with Crippen molar-refractivity contribution in [2.75, 3.05) is 0 Å². The van der Waals surface area contributed by atoms with E-state index < -0.39 is 11.9 Å². The average molecular weight is 330 g/mol. The number of carbonyl (C=O) groups excluding carboxylic acids is 2. The number of aliphatic hydroxyl groups excluding tert-OH is 2. The summed E-state index contributed by atoms with van der Waals surface area (Å²) < 4.78 is 0. The van der Waals surface area contributed by atoms with Crippen LogP contribution in [0.3, 0.4) is 0 Å². The fourth-order valence-electron chi connectivity index (χ4n) is 0. The van der Waals surface area contributed by atoms with Gasteiger partial charge in [0.2, 0.25) is 0 Å². The van der Waals surface area contributed by atoms with Crippen LogP contribution >= 0.6 is 0 Å². The van der Waals surface area contributed by atoms with Crippen LogP contribution in [-0.2, 0) is 35.8 Å². The van der Waals surface area contributed by atoms with Gasteiger partial charge in [0.1, 0.15) is 0 Å². The quantitative estimate of drug-likeness (QED) is 0.545. The van der Waals surface area contributed by atoms with E-state index in [1.165, 1.54) is 0 Å². The molecule has 0 saturated heterocycles. The van der Waals surface area contributed by atoms with Gasteiger partial charge in [-0.15, -0.1) is 0 Å². The van der Waals surface area contributed by atoms with Crippen molar-refractivity contribution in [2.24, 2.45) is 0 Å². The van der Waals surface area contributed by atoms with E-state index in [0.717, 1.165) is 13.8 Å². The summed E-state index contributed by atoms with van der Waals surface area (Å²) in [7, 11) is 0. The van der Waals surface area contributed by atoms with Crippen LogP contribution in [0.15, 0.2) is 0 Å². The van der Waals surface area contributed by atoms with Gasteiger partial charge in [0.05, 0.1) is 0 Å². The van der Waals surface area contributed by atoms with Crippen molar-refractivity contribution in [3.05, 3.63) is 0 Å². The largest absolute Gasteiger partial charge is 2.00 e. The topological polar surface area (TPSA) is 121 Å². The van der Waals surface area contributed by atoms with Crippen LogP contribution in [0.5, 0.6) is 0 Å². The molecule has 0 aliphatic heterocycles. The van der Waals surface area contributed by atoms with Crippen LogP contribution in [0.25, 0.3) is 0 Å². The standard InChI is InChI=1S/2C3H8O.2C2H4O2.Zr/c2*1-3(2)4;2*1-2(3)4;/h2*3-4H,1-2H3;2*1H3,(H,3,4);/q;;;;+2/p-2. The van der Waals surface area contributed by atoms with Crippen molar-refractivity contribution in [1.29, 1.82) is 0 Å². The summed E-state index contributed by atoms with van der Waals surface area (Å²) in [5, 5.41) is 33.9. The number of hydrogen-bond acceptors (Lipinski definition) is 6. The van der Waals surface area contributed by atoms with Gasteiger partial charge in [-0.05, 0) is 41.5 Å². The van der Waals surface area contributed by atoms with Gasteiger partial charge in [0.15, 0.2) is 0 Å². The minimum Gasteiger partial charge on any atom is -0.550 e. The van der Waals surface area contributed by atoms with Gasteiger partial charge in [-0.2, -0.15) is 0 Å². The van der Waals surface area contributed by atoms with Crippen molar-refractivity contribution in [1.82, 2.24) is 0 Å². The minimum absolute atomic E-state index is 0. The van der Waals surface area contributed by atoms with Crippen LogP contribution in [0.4, 0.5) is 0 Å². The molecule has 2 N–H and O–H groups in total. The Morgan fingerprint density at radius 2 is 0.824 bits per heavy atom. The van der Waals surface area contributed by atoms with E-state index in [0.29, 0.717) is 0 Å². The molecule has 0 aromatic carbocycles. The zero-order chi connectivity index (χ0) is 14.3. The van der Waals surface area contributed by atoms with Crippen molar-refractivity contribution >= 4 is 11.9 Å². The van der Waals surface area contributed by atoms with Crippen LogP contribution in [0.2, 0.25) is 0 Å². The predicted molar refractivity (Wildman–Crippen MR) is 56.1 cm³/mol. The summed E-state index contributed by atoms with van der Waals surface area (Å²) in [5.74, 6) is -2.17. The van der Waals surface area contributed by atoms with Crippen LogP contribution in [0.1, 0.15) is 41.5 Å². The first-order valence-corrected chi connectivity index (χ1v) is 4.64. The molecule has 0 fully saturated rings. The Kier molecular flexibility index (Phi) is 43.9. The zero-order valence-corrected chi connectivity index (χ0v) is 13.6. The molecule has 0 heterocycles. The second kappa shape index (κ2) is 24.8. The Balaban J connectivity index is -0.0000000369. The van der Waals surface area contributed by atoms with Gasteiger partial charge in [-0.1, -0.05) is 0 Å². The van der Waals surface area contributed by atoms with Crippen LogP contribution in [0, 0.1) is 0 Å². The molecular weight excluding hydrogens is 307 g/mol. The molecule has 102 valence electrons. The zero-order valence-electron chi connectivity index (χ0n) is 11.2. The molecule has 0 atom stereocenters. The Morgan fingerprint density at radius 3 is 0.824 bits per heavy atom. The van der Waals surface area contributed by atoms with E-state index in [2.05, 4.69) is 0 Å². The van der Waals surface area contributed by atoms with E-state index in [1.54, 1.807) is 27.7 Å². The van der Waals surface area contributed by atoms with Gasteiger partial charge in [-0.25, -0.2) is 0 Å². The number of hydrogen-bond donors (Lipinski definition) is 2. The first-order valence-electron chi connectivity index (χ1n) is 4.64. The summed E-state index contributed by atoms with van der Waals surface area (Å²) in [6.45, 7) is 8.83. The second-order valence-electron chi connectivity index (χ2n) is 3.17. The first kappa shape index (κ1) is 30.1. The van der Waals surface area contributed by atoms with Crippen molar-refractivity contribution < 1.29 is 56.2 Å². The number of aliphatic hydroxyl groups is 2. The first-order chi connectivity index (χ1) is 6.93. The van der Waals surface area contributed by atoms with E-state index in [1.807, 2.05) is 0 Å². The van der Waals surface area contributed by atoms with Gasteiger partial charge in [-0.3, -0.25) is 0 Å². The van der Waals surface area contributed by atoms with Crippen molar-refractivity contribution in [2.45, 2.75) is 53.8 Å². The van der Waals surface area contributed by atoms with Gasteiger partial charge < -0.3 is 30.0 Å². The fraction of sp³-hybridized carbons (Fsp3) is 0.800. The molecule has 0 rings (SSSR count). The van der Waals surface area contributed by atoms with E-state index in [-0.39, 0.29) is 38.4 Å². The van der Waals surface area contributed by atoms with Crippen LogP contribution in [-0.4, -0.2) is 34.4 Å². The van der Waals surface area contributed by atoms with E-state index in [4.69, 9.17) is 30.0 Å². The number of carboxylic acid groups (broad SMARTS) is 2. The summed E-state index contributed by atoms with van der Waals surface area (Å²) in [6.07, 6.45) is -0.333. The number of carbonyl (C=O) groups is 2. The summed E-state index contributed by atoms with van der Waals surface area (Å²) in [6, 6.07) is 0. The molecule has 0 aliphatic carbocycles. The molecule has 0 saturated carbocycles. The van der Waals surface area contributed by atoms with Gasteiger partial charge in [0, 0.05) is 24.1 Å². The number of rotatable bonds is 0. The number of carboxylic acids is 2. The van der Waals surface area contributed by atoms with E-state index >= 15 is 0 Å². The molecular formula is C10H22O6Zr. The van der Waals surface area contributed by atoms with Crippen molar-refractivity contribution in [3.8, 4) is 0 Å². The fourth-order valence-corrected chi connectivity index (χ4v) is 0. The third-order valence-corrected chi connectivity index (χ3v) is 0. The molecule has 6 nitrogen and oxygen atoms in total. The van der Waals surface area contributed by atoms with Gasteiger partial charge >= 0.3 is 26.2 Å². The third kappa shape index (κ3) is 45100. The molecule has 17 heavy (non-hydrogen) atoms. The van der Waals surface area contributed by atoms with Gasteiger partial charge in [0.25, 0.3) is 0 Å². The predicted octanol–water partition coefficient (Wildman–Crippen LogP) is -1.72. The second-order valence-corrected chi connectivity index (χ2v) is 3.17. The van der Waals surface area contributed by atoms with Crippen LogP contribution < -0.4 is 10.2 Å². The minimum atomic E-state index is -1.08. The van der Waals surface area contributed by atoms with E-state index in [9.17, 15) is 0 Å². The monoisotopic (exact) mass is 328 g/mol. The molecule has 7 heteroatoms. The molecule has 0 unspecified atom stereocenters. The Labute approximate surface area is 122 Å². The Hall–Kier alpha value is -0.257. The third-order valence-electron chi connectivity index (χ3n) is 0. The summed E-state index contributed by atoms with van der Waals surface area (Å²) in [4.78, 5) is 17.8. The Morgan fingerprint density at radius 1 is 0.824 bits per heavy atom.